The largest absolute Gasteiger partial charge is 0.315 e. The van der Waals surface area contributed by atoms with Gasteiger partial charge in [-0.1, -0.05) is 0 Å². The first kappa shape index (κ1) is 8.17. The number of nitrogens with zero attached hydrogens (tertiary/aromatic N) is 2. The molecule has 0 unspecified atom stereocenters. The van der Waals surface area contributed by atoms with Crippen LogP contribution in [0.25, 0.3) is 0 Å². The van der Waals surface area contributed by atoms with Gasteiger partial charge in [0.2, 0.25) is 6.41 Å². The summed E-state index contributed by atoms with van der Waals surface area (Å²) in [5, 5.41) is 2.97. The minimum Gasteiger partial charge on any atom is -0.315 e. The van der Waals surface area contributed by atoms with Gasteiger partial charge in [0.25, 0.3) is 0 Å². The molecule has 0 N–H and O–H groups in total. The Morgan fingerprint density at radius 2 is 2.36 bits per heavy atom. The molecule has 2 atom stereocenters. The van der Waals surface area contributed by atoms with Gasteiger partial charge in [-0.25, -0.2) is 0 Å². The first-order valence-electron chi connectivity index (χ1n) is 3.72. The summed E-state index contributed by atoms with van der Waals surface area (Å²) in [6, 6.07) is 0.148. The highest BCUT2D eigenvalue weighted by molar-refractivity contribution is 5.50. The van der Waals surface area contributed by atoms with E-state index in [1.165, 1.54) is 4.90 Å². The van der Waals surface area contributed by atoms with Crippen LogP contribution in [0.5, 0.6) is 0 Å². The predicted octanol–water partition coefficient (Wildman–Crippen LogP) is 1.11. The molecule has 0 spiro atoms. The van der Waals surface area contributed by atoms with Crippen LogP contribution >= 0.6 is 0 Å². The fourth-order valence-corrected chi connectivity index (χ4v) is 1.54. The maximum atomic E-state index is 10.5. The Kier molecular flexibility index (Phi) is 1.93. The third-order valence-electron chi connectivity index (χ3n) is 2.38. The van der Waals surface area contributed by atoms with E-state index in [0.29, 0.717) is 12.8 Å². The van der Waals surface area contributed by atoms with Crippen LogP contribution in [0.3, 0.4) is 0 Å². The molecule has 4 nitrogen and oxygen atoms in total. The van der Waals surface area contributed by atoms with Crippen molar-refractivity contribution in [2.24, 2.45) is 5.18 Å². The number of hydrogen-bond donors (Lipinski definition) is 0. The smallest absolute Gasteiger partial charge is 0.211 e. The Hall–Kier alpha value is -0.930. The molecule has 0 aromatic rings. The number of carbonyl (C=O) groups is 1. The summed E-state index contributed by atoms with van der Waals surface area (Å²) < 4.78 is 0. The van der Waals surface area contributed by atoms with E-state index in [1.54, 1.807) is 6.92 Å². The number of hydrogen-bond acceptors (Lipinski definition) is 3. The average Bonchev–Trinajstić information content (AvgIpc) is 2.29. The highest BCUT2D eigenvalue weighted by Gasteiger charge is 2.41. The quantitative estimate of drug-likeness (QED) is 0.444. The van der Waals surface area contributed by atoms with Crippen molar-refractivity contribution >= 4 is 6.41 Å². The second kappa shape index (κ2) is 2.60. The Morgan fingerprint density at radius 3 is 2.73 bits per heavy atom. The number of rotatable bonds is 2. The topological polar surface area (TPSA) is 49.7 Å². The molecule has 4 heteroatoms. The molecule has 1 saturated heterocycles. The van der Waals surface area contributed by atoms with Gasteiger partial charge in [0, 0.05) is 6.04 Å². The molecule has 0 saturated carbocycles. The predicted molar refractivity (Wildman–Crippen MR) is 40.8 cm³/mol. The maximum absolute atomic E-state index is 10.5. The van der Waals surface area contributed by atoms with E-state index in [0.717, 1.165) is 6.42 Å². The molecule has 0 aliphatic carbocycles. The molecule has 1 rings (SSSR count). The fraction of sp³-hybridized carbons (Fsp3) is 0.857. The second-order valence-electron chi connectivity index (χ2n) is 3.21. The van der Waals surface area contributed by atoms with Gasteiger partial charge >= 0.3 is 0 Å². The molecule has 1 amide bonds. The van der Waals surface area contributed by atoms with Crippen molar-refractivity contribution in [2.45, 2.75) is 38.4 Å². The van der Waals surface area contributed by atoms with Crippen LogP contribution in [0.4, 0.5) is 0 Å². The lowest BCUT2D eigenvalue weighted by Gasteiger charge is -2.27. The fourth-order valence-electron chi connectivity index (χ4n) is 1.54. The molecule has 0 radical (unpaired) electrons. The van der Waals surface area contributed by atoms with Gasteiger partial charge in [0.1, 0.15) is 0 Å². The van der Waals surface area contributed by atoms with E-state index < -0.39 is 5.66 Å². The normalized spacial score (nSPS) is 37.3. The van der Waals surface area contributed by atoms with Crippen molar-refractivity contribution in [1.82, 2.24) is 4.90 Å². The standard InChI is InChI=1S/C7H12N2O2/c1-6-3-4-7(2,8-11)9(6)5-10/h5-6H,3-4H2,1-2H3/t6-,7+/m1/s1. The van der Waals surface area contributed by atoms with Gasteiger partial charge in [-0.15, -0.1) is 4.91 Å². The van der Waals surface area contributed by atoms with Crippen LogP contribution < -0.4 is 0 Å². The molecule has 1 aliphatic heterocycles. The first-order valence-corrected chi connectivity index (χ1v) is 3.72. The number of nitroso groups, excluding NO2 is 1. The summed E-state index contributed by atoms with van der Waals surface area (Å²) >= 11 is 0. The molecule has 0 aromatic heterocycles. The molecule has 62 valence electrons. The number of amides is 1. The minimum atomic E-state index is -0.791. The van der Waals surface area contributed by atoms with Crippen LogP contribution in [0.2, 0.25) is 0 Å². The second-order valence-corrected chi connectivity index (χ2v) is 3.21. The van der Waals surface area contributed by atoms with E-state index in [2.05, 4.69) is 5.18 Å². The average molecular weight is 156 g/mol. The van der Waals surface area contributed by atoms with Crippen LogP contribution in [0.1, 0.15) is 26.7 Å². The Morgan fingerprint density at radius 1 is 1.73 bits per heavy atom. The minimum absolute atomic E-state index is 0.148. The number of likely N-dealkylation sites (tertiary alicyclic amines) is 1. The molecule has 1 fully saturated rings. The summed E-state index contributed by atoms with van der Waals surface area (Å²) in [6.07, 6.45) is 2.25. The molecule has 0 aromatic carbocycles. The lowest BCUT2D eigenvalue weighted by Crippen LogP contribution is -2.41. The van der Waals surface area contributed by atoms with Gasteiger partial charge in [-0.3, -0.25) is 4.79 Å². The molecular weight excluding hydrogens is 144 g/mol. The molecule has 11 heavy (non-hydrogen) atoms. The summed E-state index contributed by atoms with van der Waals surface area (Å²) in [5.74, 6) is 0. The van der Waals surface area contributed by atoms with Crippen LogP contribution in [0, 0.1) is 4.91 Å². The van der Waals surface area contributed by atoms with Crippen LogP contribution in [-0.2, 0) is 4.79 Å². The van der Waals surface area contributed by atoms with Gasteiger partial charge in [0.15, 0.2) is 5.66 Å². The summed E-state index contributed by atoms with van der Waals surface area (Å²) in [7, 11) is 0. The zero-order chi connectivity index (χ0) is 8.48. The summed E-state index contributed by atoms with van der Waals surface area (Å²) in [5.41, 5.74) is -0.791. The Balaban J connectivity index is 2.83. The van der Waals surface area contributed by atoms with Gasteiger partial charge in [-0.05, 0) is 31.9 Å². The van der Waals surface area contributed by atoms with E-state index >= 15 is 0 Å². The van der Waals surface area contributed by atoms with Gasteiger partial charge < -0.3 is 4.90 Å². The lowest BCUT2D eigenvalue weighted by atomic mass is 10.1. The van der Waals surface area contributed by atoms with E-state index in [4.69, 9.17) is 0 Å². The van der Waals surface area contributed by atoms with E-state index in [1.807, 2.05) is 6.92 Å². The van der Waals surface area contributed by atoms with Crippen molar-refractivity contribution in [2.75, 3.05) is 0 Å². The third-order valence-corrected chi connectivity index (χ3v) is 2.38. The zero-order valence-electron chi connectivity index (χ0n) is 6.78. The zero-order valence-corrected chi connectivity index (χ0v) is 6.78. The third kappa shape index (κ3) is 1.13. The van der Waals surface area contributed by atoms with Gasteiger partial charge in [-0.2, -0.15) is 0 Å². The lowest BCUT2D eigenvalue weighted by molar-refractivity contribution is -0.123. The van der Waals surface area contributed by atoms with E-state index in [-0.39, 0.29) is 6.04 Å². The first-order chi connectivity index (χ1) is 5.14. The number of carbonyl (C=O) groups excluding carboxylic acids is 1. The molecular formula is C7H12N2O2. The monoisotopic (exact) mass is 156 g/mol. The summed E-state index contributed by atoms with van der Waals surface area (Å²) in [6.45, 7) is 3.61. The molecule has 1 aliphatic rings. The Labute approximate surface area is 65.5 Å². The maximum Gasteiger partial charge on any atom is 0.211 e. The molecule has 1 heterocycles. The van der Waals surface area contributed by atoms with Crippen molar-refractivity contribution < 1.29 is 4.79 Å². The van der Waals surface area contributed by atoms with Crippen LogP contribution in [0.15, 0.2) is 5.18 Å². The Bertz CT molecular complexity index is 183. The summed E-state index contributed by atoms with van der Waals surface area (Å²) in [4.78, 5) is 22.4. The molecule has 0 bridgehead atoms. The highest BCUT2D eigenvalue weighted by Crippen LogP contribution is 2.32. The van der Waals surface area contributed by atoms with E-state index in [9.17, 15) is 9.70 Å². The van der Waals surface area contributed by atoms with Crippen molar-refractivity contribution in [3.05, 3.63) is 4.91 Å². The van der Waals surface area contributed by atoms with Crippen molar-refractivity contribution in [3.8, 4) is 0 Å². The SMILES string of the molecule is C[C@@H]1CC[C@@](C)(N=O)N1C=O. The van der Waals surface area contributed by atoms with Crippen LogP contribution in [-0.4, -0.2) is 23.0 Å². The van der Waals surface area contributed by atoms with Gasteiger partial charge in [0.05, 0.1) is 0 Å². The van der Waals surface area contributed by atoms with Crippen molar-refractivity contribution in [1.29, 1.82) is 0 Å². The highest BCUT2D eigenvalue weighted by atomic mass is 16.3. The van der Waals surface area contributed by atoms with Crippen molar-refractivity contribution in [3.63, 3.8) is 0 Å².